The van der Waals surface area contributed by atoms with E-state index in [1.54, 1.807) is 12.1 Å². The topological polar surface area (TPSA) is 47.6 Å². The summed E-state index contributed by atoms with van der Waals surface area (Å²) in [5, 5.41) is 2.89. The van der Waals surface area contributed by atoms with Crippen LogP contribution in [0, 0.1) is 5.82 Å². The molecule has 1 aliphatic rings. The maximum Gasteiger partial charge on any atom is 0.231 e. The first-order chi connectivity index (χ1) is 11.7. The van der Waals surface area contributed by atoms with Gasteiger partial charge < -0.3 is 14.8 Å². The Morgan fingerprint density at radius 3 is 2.79 bits per heavy atom. The third kappa shape index (κ3) is 4.25. The summed E-state index contributed by atoms with van der Waals surface area (Å²) in [4.78, 5) is 11.8. The van der Waals surface area contributed by atoms with Crippen LogP contribution in [0.15, 0.2) is 42.5 Å². The summed E-state index contributed by atoms with van der Waals surface area (Å²) in [5.74, 6) is 1.30. The Labute approximate surface area is 140 Å². The molecule has 4 nitrogen and oxygen atoms in total. The van der Waals surface area contributed by atoms with Crippen molar-refractivity contribution in [1.82, 2.24) is 5.32 Å². The predicted octanol–water partition coefficient (Wildman–Crippen LogP) is 3.24. The van der Waals surface area contributed by atoms with Gasteiger partial charge in [0.05, 0.1) is 0 Å². The highest BCUT2D eigenvalue weighted by Crippen LogP contribution is 2.32. The van der Waals surface area contributed by atoms with Gasteiger partial charge in [-0.1, -0.05) is 24.3 Å². The van der Waals surface area contributed by atoms with Gasteiger partial charge in [-0.15, -0.1) is 0 Å². The molecular formula is C19H20FNO3. The maximum absolute atomic E-state index is 13.5. The first-order valence-corrected chi connectivity index (χ1v) is 8.11. The van der Waals surface area contributed by atoms with Crippen LogP contribution in [0.3, 0.4) is 0 Å². The van der Waals surface area contributed by atoms with Crippen LogP contribution in [0.25, 0.3) is 0 Å². The lowest BCUT2D eigenvalue weighted by molar-refractivity contribution is -0.121. The minimum atomic E-state index is -0.208. The molecule has 0 unspecified atom stereocenters. The molecule has 0 spiro atoms. The van der Waals surface area contributed by atoms with Gasteiger partial charge in [0.25, 0.3) is 0 Å². The zero-order chi connectivity index (χ0) is 16.8. The Hall–Kier alpha value is -2.56. The van der Waals surface area contributed by atoms with E-state index in [1.807, 2.05) is 24.3 Å². The van der Waals surface area contributed by atoms with E-state index in [1.165, 1.54) is 6.07 Å². The first-order valence-electron chi connectivity index (χ1n) is 8.11. The summed E-state index contributed by atoms with van der Waals surface area (Å²) in [7, 11) is 0. The number of hydrogen-bond donors (Lipinski definition) is 1. The molecule has 1 amide bonds. The number of rotatable bonds is 7. The number of fused-ring (bicyclic) bond motifs is 1. The van der Waals surface area contributed by atoms with Crippen molar-refractivity contribution in [2.24, 2.45) is 0 Å². The molecule has 2 aromatic carbocycles. The van der Waals surface area contributed by atoms with Crippen LogP contribution >= 0.6 is 0 Å². The summed E-state index contributed by atoms with van der Waals surface area (Å²) in [6.45, 7) is 0.829. The SMILES string of the molecule is O=C(CCCc1ccccc1F)NCCc1ccc2c(c1)OCO2. The summed E-state index contributed by atoms with van der Waals surface area (Å²) in [6.07, 6.45) is 2.34. The van der Waals surface area contributed by atoms with Crippen molar-refractivity contribution in [2.75, 3.05) is 13.3 Å². The van der Waals surface area contributed by atoms with Crippen LogP contribution in [-0.2, 0) is 17.6 Å². The summed E-state index contributed by atoms with van der Waals surface area (Å²) in [6, 6.07) is 12.5. The maximum atomic E-state index is 13.5. The highest BCUT2D eigenvalue weighted by atomic mass is 19.1. The molecule has 126 valence electrons. The summed E-state index contributed by atoms with van der Waals surface area (Å²) < 4.78 is 24.1. The Kier molecular flexibility index (Phi) is 5.31. The quantitative estimate of drug-likeness (QED) is 0.848. The largest absolute Gasteiger partial charge is 0.454 e. The fraction of sp³-hybridized carbons (Fsp3) is 0.316. The monoisotopic (exact) mass is 329 g/mol. The molecule has 1 N–H and O–H groups in total. The average Bonchev–Trinajstić information content (AvgIpc) is 3.04. The van der Waals surface area contributed by atoms with E-state index in [9.17, 15) is 9.18 Å². The molecular weight excluding hydrogens is 309 g/mol. The molecule has 0 aromatic heterocycles. The molecule has 5 heteroatoms. The first kappa shape index (κ1) is 16.3. The fourth-order valence-corrected chi connectivity index (χ4v) is 2.67. The Morgan fingerprint density at radius 2 is 1.92 bits per heavy atom. The number of carbonyl (C=O) groups is 1. The average molecular weight is 329 g/mol. The van der Waals surface area contributed by atoms with E-state index in [2.05, 4.69) is 5.32 Å². The Bertz CT molecular complexity index is 718. The molecule has 2 aromatic rings. The predicted molar refractivity (Wildman–Crippen MR) is 88.6 cm³/mol. The number of nitrogens with one attached hydrogen (secondary N) is 1. The van der Waals surface area contributed by atoms with Crippen molar-refractivity contribution in [1.29, 1.82) is 0 Å². The van der Waals surface area contributed by atoms with Crippen molar-refractivity contribution >= 4 is 5.91 Å². The molecule has 0 saturated heterocycles. The van der Waals surface area contributed by atoms with Gasteiger partial charge in [0, 0.05) is 13.0 Å². The minimum absolute atomic E-state index is 0.00733. The standard InChI is InChI=1S/C19H20FNO3/c20-16-6-2-1-4-15(16)5-3-7-19(22)21-11-10-14-8-9-17-18(12-14)24-13-23-17/h1-2,4,6,8-9,12H,3,5,7,10-11,13H2,(H,21,22). The van der Waals surface area contributed by atoms with Crippen molar-refractivity contribution in [3.8, 4) is 11.5 Å². The van der Waals surface area contributed by atoms with Crippen LogP contribution in [0.1, 0.15) is 24.0 Å². The van der Waals surface area contributed by atoms with Crippen molar-refractivity contribution in [3.63, 3.8) is 0 Å². The van der Waals surface area contributed by atoms with E-state index in [0.717, 1.165) is 23.5 Å². The van der Waals surface area contributed by atoms with E-state index in [-0.39, 0.29) is 18.5 Å². The van der Waals surface area contributed by atoms with Gasteiger partial charge in [0.15, 0.2) is 11.5 Å². The molecule has 0 saturated carbocycles. The van der Waals surface area contributed by atoms with Crippen molar-refractivity contribution < 1.29 is 18.7 Å². The number of ether oxygens (including phenoxy) is 2. The third-order valence-electron chi connectivity index (χ3n) is 3.98. The molecule has 0 atom stereocenters. The molecule has 1 heterocycles. The normalized spacial score (nSPS) is 12.2. The van der Waals surface area contributed by atoms with Crippen LogP contribution in [0.5, 0.6) is 11.5 Å². The molecule has 0 radical (unpaired) electrons. The zero-order valence-corrected chi connectivity index (χ0v) is 13.4. The molecule has 24 heavy (non-hydrogen) atoms. The van der Waals surface area contributed by atoms with E-state index in [0.29, 0.717) is 31.4 Å². The van der Waals surface area contributed by atoms with Gasteiger partial charge in [-0.05, 0) is 48.6 Å². The fourth-order valence-electron chi connectivity index (χ4n) is 2.67. The second-order valence-corrected chi connectivity index (χ2v) is 5.73. The van der Waals surface area contributed by atoms with Crippen LogP contribution < -0.4 is 14.8 Å². The van der Waals surface area contributed by atoms with E-state index >= 15 is 0 Å². The molecule has 3 rings (SSSR count). The number of carbonyl (C=O) groups excluding carboxylic acids is 1. The minimum Gasteiger partial charge on any atom is -0.454 e. The summed E-state index contributed by atoms with van der Waals surface area (Å²) >= 11 is 0. The van der Waals surface area contributed by atoms with Gasteiger partial charge in [-0.3, -0.25) is 4.79 Å². The molecule has 0 bridgehead atoms. The third-order valence-corrected chi connectivity index (χ3v) is 3.98. The summed E-state index contributed by atoms with van der Waals surface area (Å²) in [5.41, 5.74) is 1.75. The lowest BCUT2D eigenvalue weighted by Gasteiger charge is -2.07. The van der Waals surface area contributed by atoms with Gasteiger partial charge in [0.2, 0.25) is 12.7 Å². The Balaban J connectivity index is 1.36. The number of halogens is 1. The van der Waals surface area contributed by atoms with Gasteiger partial charge >= 0.3 is 0 Å². The number of hydrogen-bond acceptors (Lipinski definition) is 3. The number of amides is 1. The van der Waals surface area contributed by atoms with Crippen molar-refractivity contribution in [3.05, 3.63) is 59.4 Å². The van der Waals surface area contributed by atoms with E-state index in [4.69, 9.17) is 9.47 Å². The second-order valence-electron chi connectivity index (χ2n) is 5.73. The highest BCUT2D eigenvalue weighted by Gasteiger charge is 2.13. The molecule has 0 fully saturated rings. The van der Waals surface area contributed by atoms with Crippen molar-refractivity contribution in [2.45, 2.75) is 25.7 Å². The van der Waals surface area contributed by atoms with Gasteiger partial charge in [-0.25, -0.2) is 4.39 Å². The van der Waals surface area contributed by atoms with Gasteiger partial charge in [-0.2, -0.15) is 0 Å². The highest BCUT2D eigenvalue weighted by molar-refractivity contribution is 5.75. The Morgan fingerprint density at radius 1 is 1.08 bits per heavy atom. The number of aryl methyl sites for hydroxylation is 1. The number of benzene rings is 2. The smallest absolute Gasteiger partial charge is 0.231 e. The molecule has 1 aliphatic heterocycles. The van der Waals surface area contributed by atoms with Crippen LogP contribution in [0.4, 0.5) is 4.39 Å². The van der Waals surface area contributed by atoms with E-state index < -0.39 is 0 Å². The van der Waals surface area contributed by atoms with Crippen LogP contribution in [0.2, 0.25) is 0 Å². The lowest BCUT2D eigenvalue weighted by Crippen LogP contribution is -2.25. The van der Waals surface area contributed by atoms with Crippen LogP contribution in [-0.4, -0.2) is 19.2 Å². The zero-order valence-electron chi connectivity index (χ0n) is 13.4. The second kappa shape index (κ2) is 7.81. The van der Waals surface area contributed by atoms with Gasteiger partial charge in [0.1, 0.15) is 5.82 Å². The molecule has 0 aliphatic carbocycles. The lowest BCUT2D eigenvalue weighted by atomic mass is 10.1.